The van der Waals surface area contributed by atoms with Gasteiger partial charge in [-0.25, -0.2) is 0 Å². The van der Waals surface area contributed by atoms with Crippen molar-refractivity contribution in [2.24, 2.45) is 0 Å². The quantitative estimate of drug-likeness (QED) is 0.616. The minimum Gasteiger partial charge on any atom is -0.394 e. The predicted octanol–water partition coefficient (Wildman–Crippen LogP) is 0.154. The maximum atomic E-state index is 9.80. The van der Waals surface area contributed by atoms with Crippen LogP contribution in [0.4, 0.5) is 5.69 Å². The van der Waals surface area contributed by atoms with Crippen molar-refractivity contribution < 1.29 is 20.1 Å². The highest BCUT2D eigenvalue weighted by molar-refractivity contribution is 5.48. The van der Waals surface area contributed by atoms with Crippen molar-refractivity contribution in [2.75, 3.05) is 11.9 Å². The third-order valence-corrected chi connectivity index (χ3v) is 3.36. The van der Waals surface area contributed by atoms with Gasteiger partial charge < -0.3 is 25.4 Å². The molecule has 0 bridgehead atoms. The average Bonchev–Trinajstić information content (AvgIpc) is 2.62. The molecule has 4 atom stereocenters. The molecule has 0 amide bonds. The Kier molecular flexibility index (Phi) is 3.87. The predicted molar refractivity (Wildman–Crippen MR) is 67.3 cm³/mol. The second-order valence-corrected chi connectivity index (χ2v) is 4.70. The Bertz CT molecular complexity index is 423. The lowest BCUT2D eigenvalue weighted by Crippen LogP contribution is -2.36. The van der Waals surface area contributed by atoms with Gasteiger partial charge in [0, 0.05) is 5.69 Å². The molecule has 100 valence electrons. The van der Waals surface area contributed by atoms with Gasteiger partial charge in [-0.15, -0.1) is 0 Å². The molecular weight excluding hydrogens is 234 g/mol. The zero-order valence-electron chi connectivity index (χ0n) is 10.5. The van der Waals surface area contributed by atoms with Crippen molar-refractivity contribution in [2.45, 2.75) is 38.4 Å². The molecule has 18 heavy (non-hydrogen) atoms. The Hall–Kier alpha value is -1.14. The molecule has 2 rings (SSSR count). The number of anilines is 1. The second-order valence-electron chi connectivity index (χ2n) is 4.70. The van der Waals surface area contributed by atoms with Gasteiger partial charge >= 0.3 is 0 Å². The standard InChI is InChI=1S/C13H19NO4/c1-7-3-4-9(5-8(7)2)14-13-12(17)11(16)10(6-15)18-13/h3-5,10-17H,6H2,1-2H3/t10-,11+,12-,13-/m0/s1. The van der Waals surface area contributed by atoms with E-state index >= 15 is 0 Å². The van der Waals surface area contributed by atoms with Crippen LogP contribution in [-0.4, -0.2) is 46.5 Å². The van der Waals surface area contributed by atoms with E-state index in [4.69, 9.17) is 9.84 Å². The van der Waals surface area contributed by atoms with Crippen LogP contribution in [0.1, 0.15) is 11.1 Å². The highest BCUT2D eigenvalue weighted by Gasteiger charge is 2.42. The van der Waals surface area contributed by atoms with Crippen molar-refractivity contribution in [3.8, 4) is 0 Å². The fourth-order valence-corrected chi connectivity index (χ4v) is 2.01. The van der Waals surface area contributed by atoms with Crippen molar-refractivity contribution >= 4 is 5.69 Å². The molecule has 1 saturated heterocycles. The van der Waals surface area contributed by atoms with E-state index in [0.717, 1.165) is 11.3 Å². The summed E-state index contributed by atoms with van der Waals surface area (Å²) in [5.41, 5.74) is 3.13. The third-order valence-electron chi connectivity index (χ3n) is 3.36. The van der Waals surface area contributed by atoms with Crippen LogP contribution in [0.25, 0.3) is 0 Å². The number of nitrogens with one attached hydrogen (secondary N) is 1. The summed E-state index contributed by atoms with van der Waals surface area (Å²) < 4.78 is 5.35. The van der Waals surface area contributed by atoms with Crippen molar-refractivity contribution in [3.63, 3.8) is 0 Å². The van der Waals surface area contributed by atoms with Gasteiger partial charge in [0.25, 0.3) is 0 Å². The second kappa shape index (κ2) is 5.24. The van der Waals surface area contributed by atoms with Crippen molar-refractivity contribution in [3.05, 3.63) is 29.3 Å². The molecule has 0 aliphatic carbocycles. The molecule has 0 radical (unpaired) electrons. The van der Waals surface area contributed by atoms with Gasteiger partial charge in [0.15, 0.2) is 6.23 Å². The van der Waals surface area contributed by atoms with Gasteiger partial charge in [0.1, 0.15) is 18.3 Å². The summed E-state index contributed by atoms with van der Waals surface area (Å²) in [4.78, 5) is 0. The number of hydrogen-bond donors (Lipinski definition) is 4. The van der Waals surface area contributed by atoms with E-state index in [1.54, 1.807) is 0 Å². The summed E-state index contributed by atoms with van der Waals surface area (Å²) in [6.45, 7) is 3.70. The Balaban J connectivity index is 2.07. The van der Waals surface area contributed by atoms with Crippen LogP contribution in [0.15, 0.2) is 18.2 Å². The van der Waals surface area contributed by atoms with Gasteiger partial charge in [-0.2, -0.15) is 0 Å². The van der Waals surface area contributed by atoms with Gasteiger partial charge in [-0.3, -0.25) is 0 Å². The first kappa shape index (κ1) is 13.3. The van der Waals surface area contributed by atoms with Crippen LogP contribution >= 0.6 is 0 Å². The Morgan fingerprint density at radius 2 is 1.89 bits per heavy atom. The first-order valence-electron chi connectivity index (χ1n) is 5.99. The van der Waals surface area contributed by atoms with Crippen molar-refractivity contribution in [1.29, 1.82) is 0 Å². The van der Waals surface area contributed by atoms with Crippen LogP contribution in [0.2, 0.25) is 0 Å². The highest BCUT2D eigenvalue weighted by atomic mass is 16.6. The Morgan fingerprint density at radius 1 is 1.17 bits per heavy atom. The summed E-state index contributed by atoms with van der Waals surface area (Å²) in [5, 5.41) is 31.4. The zero-order valence-corrected chi connectivity index (χ0v) is 10.5. The zero-order chi connectivity index (χ0) is 13.3. The molecule has 0 saturated carbocycles. The van der Waals surface area contributed by atoms with E-state index in [0.29, 0.717) is 0 Å². The molecule has 1 aromatic rings. The summed E-state index contributed by atoms with van der Waals surface area (Å²) in [6, 6.07) is 5.81. The lowest BCUT2D eigenvalue weighted by atomic mass is 10.1. The number of hydrogen-bond acceptors (Lipinski definition) is 5. The van der Waals surface area contributed by atoms with Crippen LogP contribution in [0.3, 0.4) is 0 Å². The molecule has 0 unspecified atom stereocenters. The Labute approximate surface area is 106 Å². The summed E-state index contributed by atoms with van der Waals surface area (Å²) in [6.07, 6.45) is -3.58. The lowest BCUT2D eigenvalue weighted by Gasteiger charge is -2.18. The van der Waals surface area contributed by atoms with E-state index in [1.165, 1.54) is 5.56 Å². The van der Waals surface area contributed by atoms with Gasteiger partial charge in [-0.1, -0.05) is 6.07 Å². The molecule has 4 N–H and O–H groups in total. The van der Waals surface area contributed by atoms with E-state index in [9.17, 15) is 10.2 Å². The number of aliphatic hydroxyl groups excluding tert-OH is 3. The molecule has 0 spiro atoms. The monoisotopic (exact) mass is 253 g/mol. The fourth-order valence-electron chi connectivity index (χ4n) is 2.01. The van der Waals surface area contributed by atoms with E-state index in [1.807, 2.05) is 32.0 Å². The van der Waals surface area contributed by atoms with Gasteiger partial charge in [0.2, 0.25) is 0 Å². The maximum Gasteiger partial charge on any atom is 0.157 e. The normalized spacial score (nSPS) is 31.6. The smallest absolute Gasteiger partial charge is 0.157 e. The Morgan fingerprint density at radius 3 is 2.44 bits per heavy atom. The number of aryl methyl sites for hydroxylation is 2. The largest absolute Gasteiger partial charge is 0.394 e. The number of rotatable bonds is 3. The average molecular weight is 253 g/mol. The summed E-state index contributed by atoms with van der Waals surface area (Å²) in [5.74, 6) is 0. The first-order valence-corrected chi connectivity index (χ1v) is 5.99. The molecule has 5 nitrogen and oxygen atoms in total. The topological polar surface area (TPSA) is 82.0 Å². The van der Waals surface area contributed by atoms with Gasteiger partial charge in [-0.05, 0) is 37.1 Å². The van der Waals surface area contributed by atoms with Crippen LogP contribution < -0.4 is 5.32 Å². The fraction of sp³-hybridized carbons (Fsp3) is 0.538. The third kappa shape index (κ3) is 2.49. The molecule has 1 aliphatic rings. The number of aliphatic hydroxyl groups is 3. The molecule has 1 heterocycles. The SMILES string of the molecule is Cc1ccc(N[C@H]2O[C@@H](CO)[C@@H](O)[C@@H]2O)cc1C. The van der Waals surface area contributed by atoms with Crippen LogP contribution in [-0.2, 0) is 4.74 Å². The lowest BCUT2D eigenvalue weighted by molar-refractivity contribution is -0.0153. The number of benzene rings is 1. The van der Waals surface area contributed by atoms with Crippen LogP contribution in [0, 0.1) is 13.8 Å². The number of ether oxygens (including phenoxy) is 1. The van der Waals surface area contributed by atoms with E-state index in [2.05, 4.69) is 5.32 Å². The first-order chi connectivity index (χ1) is 8.52. The minimum atomic E-state index is -1.07. The summed E-state index contributed by atoms with van der Waals surface area (Å²) >= 11 is 0. The summed E-state index contributed by atoms with van der Waals surface area (Å²) in [7, 11) is 0. The molecule has 1 aromatic carbocycles. The molecular formula is C13H19NO4. The van der Waals surface area contributed by atoms with E-state index < -0.39 is 24.5 Å². The molecule has 1 aliphatic heterocycles. The van der Waals surface area contributed by atoms with Crippen LogP contribution in [0.5, 0.6) is 0 Å². The van der Waals surface area contributed by atoms with Crippen molar-refractivity contribution in [1.82, 2.24) is 0 Å². The molecule has 5 heteroatoms. The molecule has 0 aromatic heterocycles. The van der Waals surface area contributed by atoms with E-state index in [-0.39, 0.29) is 6.61 Å². The minimum absolute atomic E-state index is 0.316. The highest BCUT2D eigenvalue weighted by Crippen LogP contribution is 2.23. The maximum absolute atomic E-state index is 9.80. The molecule has 1 fully saturated rings. The van der Waals surface area contributed by atoms with Gasteiger partial charge in [0.05, 0.1) is 6.61 Å².